The first-order valence-electron chi connectivity index (χ1n) is 5.89. The molecule has 1 unspecified atom stereocenters. The van der Waals surface area contributed by atoms with Gasteiger partial charge in [-0.2, -0.15) is 13.2 Å². The van der Waals surface area contributed by atoms with Crippen molar-refractivity contribution < 1.29 is 13.2 Å². The topological polar surface area (TPSA) is 12.0 Å². The van der Waals surface area contributed by atoms with Crippen LogP contribution in [0.4, 0.5) is 18.9 Å². The third-order valence-corrected chi connectivity index (χ3v) is 3.21. The quantitative estimate of drug-likeness (QED) is 0.798. The summed E-state index contributed by atoms with van der Waals surface area (Å²) < 4.78 is 38.7. The minimum absolute atomic E-state index is 0.0211. The van der Waals surface area contributed by atoms with E-state index in [1.54, 1.807) is 0 Å². The Morgan fingerprint density at radius 1 is 1.28 bits per heavy atom. The van der Waals surface area contributed by atoms with E-state index in [2.05, 4.69) is 5.32 Å². The summed E-state index contributed by atoms with van der Waals surface area (Å²) in [4.78, 5) is 0. The van der Waals surface area contributed by atoms with Crippen LogP contribution >= 0.6 is 11.6 Å². The van der Waals surface area contributed by atoms with Crippen molar-refractivity contribution >= 4 is 17.3 Å². The summed E-state index contributed by atoms with van der Waals surface area (Å²) in [6.07, 6.45) is -3.66. The highest BCUT2D eigenvalue weighted by atomic mass is 35.5. The molecule has 18 heavy (non-hydrogen) atoms. The Balaban J connectivity index is 3.14. The Morgan fingerprint density at radius 3 is 2.33 bits per heavy atom. The molecule has 0 fully saturated rings. The molecule has 1 aromatic carbocycles. The number of anilines is 1. The van der Waals surface area contributed by atoms with E-state index >= 15 is 0 Å². The molecule has 0 spiro atoms. The maximum absolute atomic E-state index is 12.9. The van der Waals surface area contributed by atoms with Crippen molar-refractivity contribution in [1.29, 1.82) is 0 Å². The van der Waals surface area contributed by atoms with Crippen molar-refractivity contribution in [2.24, 2.45) is 5.92 Å². The molecule has 1 atom stereocenters. The fourth-order valence-corrected chi connectivity index (χ4v) is 2.06. The van der Waals surface area contributed by atoms with Crippen molar-refractivity contribution in [3.8, 4) is 0 Å². The molecule has 0 radical (unpaired) electrons. The largest absolute Gasteiger partial charge is 0.418 e. The summed E-state index contributed by atoms with van der Waals surface area (Å²) in [5.41, 5.74) is -0.735. The number of nitrogens with one attached hydrogen (secondary N) is 1. The number of alkyl halides is 3. The van der Waals surface area contributed by atoms with Gasteiger partial charge in [0.25, 0.3) is 0 Å². The van der Waals surface area contributed by atoms with Gasteiger partial charge >= 0.3 is 6.18 Å². The van der Waals surface area contributed by atoms with E-state index in [0.29, 0.717) is 0 Å². The normalized spacial score (nSPS) is 13.8. The molecular weight excluding hydrogens is 263 g/mol. The summed E-state index contributed by atoms with van der Waals surface area (Å²) in [5, 5.41) is 3.02. The van der Waals surface area contributed by atoms with Crippen molar-refractivity contribution in [3.63, 3.8) is 0 Å². The predicted octanol–water partition coefficient (Wildman–Crippen LogP) is 5.21. The molecular formula is C13H17ClF3N. The summed E-state index contributed by atoms with van der Waals surface area (Å²) in [7, 11) is 0. The van der Waals surface area contributed by atoms with Crippen LogP contribution in [0.1, 0.15) is 32.8 Å². The molecule has 1 rings (SSSR count). The predicted molar refractivity (Wildman–Crippen MR) is 69.0 cm³/mol. The van der Waals surface area contributed by atoms with Crippen molar-refractivity contribution in [2.45, 2.75) is 39.4 Å². The molecule has 1 aromatic rings. The zero-order valence-electron chi connectivity index (χ0n) is 10.6. The standard InChI is InChI=1S/C13H17ClF3N/c1-4-11(8(2)3)18-12-9(13(15,16)17)6-5-7-10(12)14/h5-8,11,18H,4H2,1-3H3. The Kier molecular flexibility index (Phi) is 4.91. The molecule has 1 N–H and O–H groups in total. The smallest absolute Gasteiger partial charge is 0.380 e. The van der Waals surface area contributed by atoms with Gasteiger partial charge in [-0.05, 0) is 24.5 Å². The lowest BCUT2D eigenvalue weighted by Gasteiger charge is -2.25. The van der Waals surface area contributed by atoms with Gasteiger partial charge in [-0.15, -0.1) is 0 Å². The first kappa shape index (κ1) is 15.2. The molecule has 0 aliphatic carbocycles. The number of halogens is 4. The average molecular weight is 280 g/mol. The molecule has 102 valence electrons. The van der Waals surface area contributed by atoms with E-state index in [1.165, 1.54) is 12.1 Å². The molecule has 0 aliphatic heterocycles. The Morgan fingerprint density at radius 2 is 1.89 bits per heavy atom. The second-order valence-corrected chi connectivity index (χ2v) is 4.97. The number of benzene rings is 1. The molecule has 0 bridgehead atoms. The van der Waals surface area contributed by atoms with E-state index < -0.39 is 11.7 Å². The van der Waals surface area contributed by atoms with Gasteiger partial charge in [0.2, 0.25) is 0 Å². The second-order valence-electron chi connectivity index (χ2n) is 4.56. The Hall–Kier alpha value is -0.900. The van der Waals surface area contributed by atoms with Gasteiger partial charge in [0.05, 0.1) is 16.3 Å². The molecule has 0 heterocycles. The maximum Gasteiger partial charge on any atom is 0.418 e. The third-order valence-electron chi connectivity index (χ3n) is 2.89. The number of rotatable bonds is 4. The van der Waals surface area contributed by atoms with Gasteiger partial charge < -0.3 is 5.32 Å². The lowest BCUT2D eigenvalue weighted by molar-refractivity contribution is -0.137. The van der Waals surface area contributed by atoms with Crippen LogP contribution in [0.25, 0.3) is 0 Å². The monoisotopic (exact) mass is 279 g/mol. The van der Waals surface area contributed by atoms with Crippen LogP contribution in [0.5, 0.6) is 0 Å². The molecule has 1 nitrogen and oxygen atoms in total. The summed E-state index contributed by atoms with van der Waals surface area (Å²) in [5.74, 6) is 0.229. The minimum Gasteiger partial charge on any atom is -0.380 e. The van der Waals surface area contributed by atoms with Crippen LogP contribution in [0.2, 0.25) is 5.02 Å². The van der Waals surface area contributed by atoms with Crippen LogP contribution in [0.15, 0.2) is 18.2 Å². The summed E-state index contributed by atoms with van der Waals surface area (Å²) >= 11 is 5.88. The van der Waals surface area contributed by atoms with Crippen LogP contribution < -0.4 is 5.32 Å². The van der Waals surface area contributed by atoms with E-state index in [4.69, 9.17) is 11.6 Å². The number of hydrogen-bond donors (Lipinski definition) is 1. The van der Waals surface area contributed by atoms with E-state index in [0.717, 1.165) is 12.5 Å². The summed E-state index contributed by atoms with van der Waals surface area (Å²) in [6, 6.07) is 3.78. The molecule has 0 aliphatic rings. The van der Waals surface area contributed by atoms with Crippen LogP contribution in [0.3, 0.4) is 0 Å². The van der Waals surface area contributed by atoms with Gasteiger partial charge in [-0.25, -0.2) is 0 Å². The van der Waals surface area contributed by atoms with Gasteiger partial charge in [0.1, 0.15) is 0 Å². The van der Waals surface area contributed by atoms with Crippen molar-refractivity contribution in [2.75, 3.05) is 5.32 Å². The number of para-hydroxylation sites is 1. The molecule has 0 saturated carbocycles. The Bertz CT molecular complexity index is 402. The highest BCUT2D eigenvalue weighted by Crippen LogP contribution is 2.39. The zero-order chi connectivity index (χ0) is 13.9. The van der Waals surface area contributed by atoms with E-state index in [9.17, 15) is 13.2 Å². The first-order valence-corrected chi connectivity index (χ1v) is 6.27. The fraction of sp³-hybridized carbons (Fsp3) is 0.538. The SMILES string of the molecule is CCC(Nc1c(Cl)cccc1C(F)(F)F)C(C)C. The molecule has 0 amide bonds. The maximum atomic E-state index is 12.9. The van der Waals surface area contributed by atoms with E-state index in [1.807, 2.05) is 20.8 Å². The zero-order valence-corrected chi connectivity index (χ0v) is 11.4. The van der Waals surface area contributed by atoms with Gasteiger partial charge in [-0.1, -0.05) is 38.4 Å². The third kappa shape index (κ3) is 3.55. The molecule has 0 saturated heterocycles. The second kappa shape index (κ2) is 5.83. The summed E-state index contributed by atoms with van der Waals surface area (Å²) in [6.45, 7) is 5.86. The molecule has 0 aromatic heterocycles. The Labute approximate surface area is 110 Å². The van der Waals surface area contributed by atoms with Crippen LogP contribution in [0, 0.1) is 5.92 Å². The van der Waals surface area contributed by atoms with Gasteiger partial charge in [0.15, 0.2) is 0 Å². The highest BCUT2D eigenvalue weighted by Gasteiger charge is 2.34. The first-order chi connectivity index (χ1) is 8.27. The van der Waals surface area contributed by atoms with Gasteiger partial charge in [0, 0.05) is 6.04 Å². The van der Waals surface area contributed by atoms with Crippen LogP contribution in [-0.4, -0.2) is 6.04 Å². The average Bonchev–Trinajstić information content (AvgIpc) is 2.25. The lowest BCUT2D eigenvalue weighted by atomic mass is 10.0. The highest BCUT2D eigenvalue weighted by molar-refractivity contribution is 6.33. The van der Waals surface area contributed by atoms with Crippen LogP contribution in [-0.2, 0) is 6.18 Å². The number of hydrogen-bond acceptors (Lipinski definition) is 1. The van der Waals surface area contributed by atoms with Gasteiger partial charge in [-0.3, -0.25) is 0 Å². The van der Waals surface area contributed by atoms with E-state index in [-0.39, 0.29) is 22.7 Å². The minimum atomic E-state index is -4.40. The fourth-order valence-electron chi connectivity index (χ4n) is 1.83. The van der Waals surface area contributed by atoms with Crippen molar-refractivity contribution in [3.05, 3.63) is 28.8 Å². The lowest BCUT2D eigenvalue weighted by Crippen LogP contribution is -2.26. The van der Waals surface area contributed by atoms with Crippen molar-refractivity contribution in [1.82, 2.24) is 0 Å². The molecule has 5 heteroatoms.